The topological polar surface area (TPSA) is 37.8 Å². The van der Waals surface area contributed by atoms with Crippen LogP contribution >= 0.6 is 0 Å². The fourth-order valence-corrected chi connectivity index (χ4v) is 1.55. The lowest BCUT2D eigenvalue weighted by Gasteiger charge is -2.13. The van der Waals surface area contributed by atoms with E-state index in [-0.39, 0.29) is 11.9 Å². The molecule has 88 valence electrons. The molecule has 1 atom stereocenters. The van der Waals surface area contributed by atoms with Gasteiger partial charge in [-0.2, -0.15) is 0 Å². The molecule has 2 aromatic rings. The third kappa shape index (κ3) is 3.32. The lowest BCUT2D eigenvalue weighted by Crippen LogP contribution is -2.18. The van der Waals surface area contributed by atoms with Crippen LogP contribution in [0.4, 0.5) is 4.39 Å². The number of nitrogens with zero attached hydrogens (tertiary/aromatic N) is 2. The second-order valence-electron chi connectivity index (χ2n) is 3.85. The Morgan fingerprint density at radius 1 is 1.24 bits per heavy atom. The molecule has 0 fully saturated rings. The third-order valence-corrected chi connectivity index (χ3v) is 2.58. The highest BCUT2D eigenvalue weighted by Crippen LogP contribution is 2.13. The van der Waals surface area contributed by atoms with E-state index in [0.29, 0.717) is 6.54 Å². The first kappa shape index (κ1) is 11.7. The predicted octanol–water partition coefficient (Wildman–Crippen LogP) is 2.47. The monoisotopic (exact) mass is 231 g/mol. The van der Waals surface area contributed by atoms with E-state index in [1.54, 1.807) is 30.7 Å². The van der Waals surface area contributed by atoms with Crippen LogP contribution in [0.15, 0.2) is 42.9 Å². The van der Waals surface area contributed by atoms with E-state index in [1.165, 1.54) is 12.1 Å². The highest BCUT2D eigenvalue weighted by atomic mass is 19.1. The van der Waals surface area contributed by atoms with Gasteiger partial charge in [-0.1, -0.05) is 12.1 Å². The largest absolute Gasteiger partial charge is 0.305 e. The Kier molecular flexibility index (Phi) is 3.77. The Labute approximate surface area is 99.7 Å². The average Bonchev–Trinajstić information content (AvgIpc) is 2.38. The predicted molar refractivity (Wildman–Crippen MR) is 63.7 cm³/mol. The molecule has 0 spiro atoms. The van der Waals surface area contributed by atoms with Gasteiger partial charge in [-0.15, -0.1) is 0 Å². The first-order chi connectivity index (χ1) is 8.25. The van der Waals surface area contributed by atoms with Crippen molar-refractivity contribution in [2.24, 2.45) is 0 Å². The Bertz CT molecular complexity index is 456. The molecule has 0 aliphatic heterocycles. The lowest BCUT2D eigenvalue weighted by atomic mass is 10.1. The molecule has 0 bridgehead atoms. The summed E-state index contributed by atoms with van der Waals surface area (Å²) < 4.78 is 12.8. The van der Waals surface area contributed by atoms with E-state index in [1.807, 2.05) is 6.92 Å². The maximum absolute atomic E-state index is 12.8. The summed E-state index contributed by atoms with van der Waals surface area (Å²) in [7, 11) is 0. The summed E-state index contributed by atoms with van der Waals surface area (Å²) in [6.45, 7) is 2.68. The summed E-state index contributed by atoms with van der Waals surface area (Å²) in [4.78, 5) is 8.17. The van der Waals surface area contributed by atoms with E-state index in [9.17, 15) is 4.39 Å². The van der Waals surface area contributed by atoms with Crippen molar-refractivity contribution in [3.05, 3.63) is 59.9 Å². The van der Waals surface area contributed by atoms with E-state index in [2.05, 4.69) is 15.3 Å². The highest BCUT2D eigenvalue weighted by Gasteiger charge is 2.05. The van der Waals surface area contributed by atoms with Crippen LogP contribution in [-0.4, -0.2) is 9.97 Å². The highest BCUT2D eigenvalue weighted by molar-refractivity contribution is 5.19. The lowest BCUT2D eigenvalue weighted by molar-refractivity contribution is 0.563. The van der Waals surface area contributed by atoms with Crippen molar-refractivity contribution in [3.63, 3.8) is 0 Å². The van der Waals surface area contributed by atoms with Crippen LogP contribution in [0.3, 0.4) is 0 Å². The van der Waals surface area contributed by atoms with Crippen LogP contribution in [0.25, 0.3) is 0 Å². The molecule has 0 radical (unpaired) electrons. The van der Waals surface area contributed by atoms with Crippen molar-refractivity contribution < 1.29 is 4.39 Å². The van der Waals surface area contributed by atoms with Crippen molar-refractivity contribution >= 4 is 0 Å². The standard InChI is InChI=1S/C13H14FN3/c1-10(11-2-4-12(14)5-3-11)17-9-13-8-15-6-7-16-13/h2-8,10,17H,9H2,1H3/t10-/m1/s1. The molecular formula is C13H14FN3. The first-order valence-electron chi connectivity index (χ1n) is 5.49. The van der Waals surface area contributed by atoms with Gasteiger partial charge in [0.15, 0.2) is 0 Å². The van der Waals surface area contributed by atoms with Gasteiger partial charge in [0.1, 0.15) is 5.82 Å². The van der Waals surface area contributed by atoms with Crippen LogP contribution in [0.2, 0.25) is 0 Å². The Hall–Kier alpha value is -1.81. The van der Waals surface area contributed by atoms with Crippen molar-refractivity contribution in [2.75, 3.05) is 0 Å². The van der Waals surface area contributed by atoms with Gasteiger partial charge in [0.2, 0.25) is 0 Å². The maximum atomic E-state index is 12.8. The van der Waals surface area contributed by atoms with Gasteiger partial charge in [-0.05, 0) is 24.6 Å². The van der Waals surface area contributed by atoms with Gasteiger partial charge in [0, 0.05) is 31.2 Å². The summed E-state index contributed by atoms with van der Waals surface area (Å²) in [6.07, 6.45) is 5.04. The number of nitrogens with one attached hydrogen (secondary N) is 1. The van der Waals surface area contributed by atoms with Gasteiger partial charge in [0.25, 0.3) is 0 Å². The van der Waals surface area contributed by atoms with E-state index in [4.69, 9.17) is 0 Å². The minimum atomic E-state index is -0.213. The van der Waals surface area contributed by atoms with Crippen LogP contribution in [-0.2, 0) is 6.54 Å². The molecule has 1 N–H and O–H groups in total. The molecule has 4 heteroatoms. The van der Waals surface area contributed by atoms with Crippen LogP contribution in [0, 0.1) is 5.82 Å². The van der Waals surface area contributed by atoms with Crippen molar-refractivity contribution in [1.29, 1.82) is 0 Å². The van der Waals surface area contributed by atoms with E-state index < -0.39 is 0 Å². The maximum Gasteiger partial charge on any atom is 0.123 e. The zero-order valence-corrected chi connectivity index (χ0v) is 9.60. The normalized spacial score (nSPS) is 12.4. The summed E-state index contributed by atoms with van der Waals surface area (Å²) in [5.41, 5.74) is 1.94. The molecule has 0 aliphatic carbocycles. The Balaban J connectivity index is 1.93. The van der Waals surface area contributed by atoms with E-state index in [0.717, 1.165) is 11.3 Å². The number of benzene rings is 1. The van der Waals surface area contributed by atoms with E-state index >= 15 is 0 Å². The number of hydrogen-bond donors (Lipinski definition) is 1. The van der Waals surface area contributed by atoms with Crippen molar-refractivity contribution in [3.8, 4) is 0 Å². The second kappa shape index (κ2) is 5.50. The van der Waals surface area contributed by atoms with Gasteiger partial charge in [0.05, 0.1) is 5.69 Å². The molecule has 0 saturated carbocycles. The van der Waals surface area contributed by atoms with Crippen molar-refractivity contribution in [1.82, 2.24) is 15.3 Å². The van der Waals surface area contributed by atoms with Crippen LogP contribution < -0.4 is 5.32 Å². The molecule has 0 saturated heterocycles. The fourth-order valence-electron chi connectivity index (χ4n) is 1.55. The van der Waals surface area contributed by atoms with Gasteiger partial charge >= 0.3 is 0 Å². The molecule has 1 aromatic carbocycles. The smallest absolute Gasteiger partial charge is 0.123 e. The molecular weight excluding hydrogens is 217 g/mol. The Morgan fingerprint density at radius 3 is 2.65 bits per heavy atom. The molecule has 1 aromatic heterocycles. The summed E-state index contributed by atoms with van der Waals surface area (Å²) >= 11 is 0. The second-order valence-corrected chi connectivity index (χ2v) is 3.85. The minimum Gasteiger partial charge on any atom is -0.305 e. The quantitative estimate of drug-likeness (QED) is 0.878. The number of rotatable bonds is 4. The molecule has 0 aliphatic rings. The first-order valence-corrected chi connectivity index (χ1v) is 5.49. The summed E-state index contributed by atoms with van der Waals surface area (Å²) in [5.74, 6) is -0.213. The van der Waals surface area contributed by atoms with Crippen LogP contribution in [0.5, 0.6) is 0 Å². The summed E-state index contributed by atoms with van der Waals surface area (Å²) in [5, 5.41) is 3.31. The fraction of sp³-hybridized carbons (Fsp3) is 0.231. The SMILES string of the molecule is C[C@@H](NCc1cnccn1)c1ccc(F)cc1. The minimum absolute atomic E-state index is 0.151. The van der Waals surface area contributed by atoms with Gasteiger partial charge < -0.3 is 5.32 Å². The summed E-state index contributed by atoms with van der Waals surface area (Å²) in [6, 6.07) is 6.65. The molecule has 2 rings (SSSR count). The molecule has 17 heavy (non-hydrogen) atoms. The zero-order valence-electron chi connectivity index (χ0n) is 9.60. The molecule has 3 nitrogen and oxygen atoms in total. The van der Waals surface area contributed by atoms with Crippen molar-refractivity contribution in [2.45, 2.75) is 19.5 Å². The third-order valence-electron chi connectivity index (χ3n) is 2.58. The van der Waals surface area contributed by atoms with Gasteiger partial charge in [-0.3, -0.25) is 9.97 Å². The average molecular weight is 231 g/mol. The van der Waals surface area contributed by atoms with Gasteiger partial charge in [-0.25, -0.2) is 4.39 Å². The van der Waals surface area contributed by atoms with Crippen LogP contribution in [0.1, 0.15) is 24.2 Å². The molecule has 0 amide bonds. The zero-order chi connectivity index (χ0) is 12.1. The number of hydrogen-bond acceptors (Lipinski definition) is 3. The molecule has 0 unspecified atom stereocenters. The number of aromatic nitrogens is 2. The number of halogens is 1. The Morgan fingerprint density at radius 2 is 2.00 bits per heavy atom. The molecule has 1 heterocycles.